The summed E-state index contributed by atoms with van der Waals surface area (Å²) in [5.41, 5.74) is 5.02. The molecule has 0 saturated carbocycles. The van der Waals surface area contributed by atoms with Crippen LogP contribution in [-0.2, 0) is 6.42 Å². The Balaban J connectivity index is 1.43. The van der Waals surface area contributed by atoms with Gasteiger partial charge >= 0.3 is 0 Å². The van der Waals surface area contributed by atoms with Crippen molar-refractivity contribution in [3.05, 3.63) is 70.9 Å². The van der Waals surface area contributed by atoms with Gasteiger partial charge in [0.25, 0.3) is 0 Å². The second kappa shape index (κ2) is 8.32. The molecule has 0 unspecified atom stereocenters. The highest BCUT2D eigenvalue weighted by Crippen LogP contribution is 2.23. The van der Waals surface area contributed by atoms with Gasteiger partial charge in [0.15, 0.2) is 21.6 Å². The fourth-order valence-electron chi connectivity index (χ4n) is 2.97. The SMILES string of the molecule is Cc1cc(-c2ncc(CCC(=O)c3nnc(-c4ncccn4)s3)cc2C)ccn1. The quantitative estimate of drug-likeness (QED) is 0.452. The van der Waals surface area contributed by atoms with E-state index in [-0.39, 0.29) is 5.78 Å². The molecule has 0 N–H and O–H groups in total. The minimum Gasteiger partial charge on any atom is -0.291 e. The molecule has 0 amide bonds. The van der Waals surface area contributed by atoms with E-state index in [1.165, 1.54) is 11.3 Å². The summed E-state index contributed by atoms with van der Waals surface area (Å²) in [6, 6.07) is 7.78. The molecule has 4 heterocycles. The molecule has 29 heavy (non-hydrogen) atoms. The van der Waals surface area contributed by atoms with Crippen molar-refractivity contribution in [1.29, 1.82) is 0 Å². The molecule has 0 atom stereocenters. The smallest absolute Gasteiger partial charge is 0.193 e. The van der Waals surface area contributed by atoms with Gasteiger partial charge in [-0.25, -0.2) is 9.97 Å². The Hall–Kier alpha value is -3.39. The molecule has 7 nitrogen and oxygen atoms in total. The van der Waals surface area contributed by atoms with E-state index in [4.69, 9.17) is 0 Å². The van der Waals surface area contributed by atoms with Crippen molar-refractivity contribution in [2.24, 2.45) is 0 Å². The van der Waals surface area contributed by atoms with Gasteiger partial charge in [0, 0.05) is 42.5 Å². The van der Waals surface area contributed by atoms with Crippen LogP contribution < -0.4 is 0 Å². The fraction of sp³-hybridized carbons (Fsp3) is 0.190. The molecule has 0 aliphatic heterocycles. The summed E-state index contributed by atoms with van der Waals surface area (Å²) in [5, 5.41) is 8.96. The minimum absolute atomic E-state index is 0.0452. The van der Waals surface area contributed by atoms with Gasteiger partial charge in [0.1, 0.15) is 0 Å². The topological polar surface area (TPSA) is 94.4 Å². The summed E-state index contributed by atoms with van der Waals surface area (Å²) in [5.74, 6) is 0.432. The highest BCUT2D eigenvalue weighted by atomic mass is 32.1. The molecule has 0 radical (unpaired) electrons. The Morgan fingerprint density at radius 2 is 1.83 bits per heavy atom. The van der Waals surface area contributed by atoms with Crippen LogP contribution in [0.3, 0.4) is 0 Å². The largest absolute Gasteiger partial charge is 0.291 e. The summed E-state index contributed by atoms with van der Waals surface area (Å²) in [6.45, 7) is 3.99. The second-order valence-corrected chi connectivity index (χ2v) is 7.58. The number of rotatable bonds is 6. The first-order valence-electron chi connectivity index (χ1n) is 9.13. The van der Waals surface area contributed by atoms with E-state index >= 15 is 0 Å². The molecule has 144 valence electrons. The molecule has 4 aromatic heterocycles. The number of pyridine rings is 2. The molecule has 0 aliphatic carbocycles. The lowest BCUT2D eigenvalue weighted by Crippen LogP contribution is -2.02. The van der Waals surface area contributed by atoms with Crippen LogP contribution in [0.15, 0.2) is 49.1 Å². The molecular formula is C21H18N6OS. The van der Waals surface area contributed by atoms with Gasteiger partial charge in [-0.3, -0.25) is 14.8 Å². The minimum atomic E-state index is -0.0452. The highest BCUT2D eigenvalue weighted by molar-refractivity contribution is 7.16. The number of Topliss-reactive ketones (excluding diaryl/α,β-unsaturated/α-hetero) is 1. The zero-order chi connectivity index (χ0) is 20.2. The molecule has 0 bridgehead atoms. The van der Waals surface area contributed by atoms with Gasteiger partial charge in [0.05, 0.1) is 5.69 Å². The molecule has 0 aliphatic rings. The first kappa shape index (κ1) is 18.9. The number of nitrogens with zero attached hydrogens (tertiary/aromatic N) is 6. The van der Waals surface area contributed by atoms with Crippen molar-refractivity contribution < 1.29 is 4.79 Å². The van der Waals surface area contributed by atoms with Crippen molar-refractivity contribution >= 4 is 17.1 Å². The van der Waals surface area contributed by atoms with Gasteiger partial charge in [-0.05, 0) is 49.6 Å². The van der Waals surface area contributed by atoms with E-state index in [0.717, 1.165) is 28.1 Å². The average molecular weight is 402 g/mol. The van der Waals surface area contributed by atoms with E-state index in [1.807, 2.05) is 32.2 Å². The lowest BCUT2D eigenvalue weighted by molar-refractivity contribution is 0.0981. The normalized spacial score (nSPS) is 10.8. The Kier molecular flexibility index (Phi) is 5.44. The number of carbonyl (C=O) groups is 1. The van der Waals surface area contributed by atoms with Crippen LogP contribution in [0, 0.1) is 13.8 Å². The summed E-state index contributed by atoms with van der Waals surface area (Å²) < 4.78 is 0. The fourth-order valence-corrected chi connectivity index (χ4v) is 3.72. The number of aryl methyl sites for hydroxylation is 3. The van der Waals surface area contributed by atoms with Crippen LogP contribution in [0.5, 0.6) is 0 Å². The molecule has 8 heteroatoms. The maximum atomic E-state index is 12.5. The van der Waals surface area contributed by atoms with Crippen LogP contribution in [0.1, 0.15) is 33.0 Å². The predicted octanol–water partition coefficient (Wildman–Crippen LogP) is 3.88. The van der Waals surface area contributed by atoms with Gasteiger partial charge in [-0.15, -0.1) is 10.2 Å². The third-order valence-electron chi connectivity index (χ3n) is 4.37. The number of hydrogen-bond donors (Lipinski definition) is 0. The maximum absolute atomic E-state index is 12.5. The number of carbonyl (C=O) groups excluding carboxylic acids is 1. The number of ketones is 1. The Morgan fingerprint density at radius 1 is 1.00 bits per heavy atom. The van der Waals surface area contributed by atoms with Crippen molar-refractivity contribution in [3.63, 3.8) is 0 Å². The summed E-state index contributed by atoms with van der Waals surface area (Å²) in [4.78, 5) is 29.6. The van der Waals surface area contributed by atoms with Crippen LogP contribution >= 0.6 is 11.3 Å². The van der Waals surface area contributed by atoms with Crippen molar-refractivity contribution in [3.8, 4) is 22.1 Å². The first-order valence-corrected chi connectivity index (χ1v) is 9.94. The van der Waals surface area contributed by atoms with Gasteiger partial charge in [-0.1, -0.05) is 17.4 Å². The Bertz CT molecular complexity index is 1160. The number of hydrogen-bond acceptors (Lipinski definition) is 8. The molecule has 0 aromatic carbocycles. The van der Waals surface area contributed by atoms with Crippen LogP contribution in [0.4, 0.5) is 0 Å². The van der Waals surface area contributed by atoms with E-state index < -0.39 is 0 Å². The van der Waals surface area contributed by atoms with Gasteiger partial charge < -0.3 is 0 Å². The lowest BCUT2D eigenvalue weighted by atomic mass is 10.0. The van der Waals surface area contributed by atoms with Gasteiger partial charge in [-0.2, -0.15) is 0 Å². The summed E-state index contributed by atoms with van der Waals surface area (Å²) in [7, 11) is 0. The van der Waals surface area contributed by atoms with E-state index in [0.29, 0.717) is 28.7 Å². The molecule has 4 rings (SSSR count). The van der Waals surface area contributed by atoms with Crippen LogP contribution in [0.25, 0.3) is 22.1 Å². The molecule has 0 saturated heterocycles. The summed E-state index contributed by atoms with van der Waals surface area (Å²) >= 11 is 1.22. The Labute approximate surface area is 172 Å². The number of aromatic nitrogens is 6. The maximum Gasteiger partial charge on any atom is 0.193 e. The average Bonchev–Trinajstić information content (AvgIpc) is 3.23. The summed E-state index contributed by atoms with van der Waals surface area (Å²) in [6.07, 6.45) is 7.83. The first-order chi connectivity index (χ1) is 14.1. The van der Waals surface area contributed by atoms with E-state index in [1.54, 1.807) is 24.7 Å². The highest BCUT2D eigenvalue weighted by Gasteiger charge is 2.15. The van der Waals surface area contributed by atoms with E-state index in [2.05, 4.69) is 36.2 Å². The molecule has 0 fully saturated rings. The molecular weight excluding hydrogens is 384 g/mol. The lowest BCUT2D eigenvalue weighted by Gasteiger charge is -2.08. The monoisotopic (exact) mass is 402 g/mol. The standard InChI is InChI=1S/C21H18N6OS/c1-13-10-15(12-25-18(13)16-6-9-22-14(2)11-16)4-5-17(28)20-26-27-21(29-20)19-23-7-3-8-24-19/h3,6-12H,4-5H2,1-2H3. The third kappa shape index (κ3) is 4.38. The zero-order valence-corrected chi connectivity index (χ0v) is 16.8. The second-order valence-electron chi connectivity index (χ2n) is 6.60. The van der Waals surface area contributed by atoms with Crippen molar-refractivity contribution in [2.45, 2.75) is 26.7 Å². The van der Waals surface area contributed by atoms with Crippen molar-refractivity contribution in [1.82, 2.24) is 30.1 Å². The Morgan fingerprint density at radius 3 is 2.59 bits per heavy atom. The van der Waals surface area contributed by atoms with Crippen LogP contribution in [0.2, 0.25) is 0 Å². The van der Waals surface area contributed by atoms with E-state index in [9.17, 15) is 4.79 Å². The van der Waals surface area contributed by atoms with Crippen LogP contribution in [-0.4, -0.2) is 35.9 Å². The third-order valence-corrected chi connectivity index (χ3v) is 5.33. The predicted molar refractivity (Wildman–Crippen MR) is 111 cm³/mol. The molecule has 0 spiro atoms. The van der Waals surface area contributed by atoms with Gasteiger partial charge in [0.2, 0.25) is 0 Å². The molecule has 4 aromatic rings. The van der Waals surface area contributed by atoms with Crippen molar-refractivity contribution in [2.75, 3.05) is 0 Å². The zero-order valence-electron chi connectivity index (χ0n) is 16.0.